The molecule has 0 spiro atoms. The molecular weight excluding hydrogens is 268 g/mol. The molecule has 2 N–H and O–H groups in total. The summed E-state index contributed by atoms with van der Waals surface area (Å²) in [5, 5.41) is 0. The second kappa shape index (κ2) is 6.80. The van der Waals surface area contributed by atoms with E-state index in [9.17, 15) is 4.79 Å². The Morgan fingerprint density at radius 2 is 2.24 bits per heavy atom. The Morgan fingerprint density at radius 3 is 2.95 bits per heavy atom. The highest BCUT2D eigenvalue weighted by atomic mass is 16.5. The predicted octanol–water partition coefficient (Wildman–Crippen LogP) is 2.18. The van der Waals surface area contributed by atoms with Crippen molar-refractivity contribution in [1.82, 2.24) is 0 Å². The van der Waals surface area contributed by atoms with Crippen molar-refractivity contribution >= 4 is 11.6 Å². The van der Waals surface area contributed by atoms with Crippen LogP contribution >= 0.6 is 0 Å². The van der Waals surface area contributed by atoms with Crippen molar-refractivity contribution in [3.63, 3.8) is 0 Å². The van der Waals surface area contributed by atoms with Crippen LogP contribution in [-0.2, 0) is 4.79 Å². The minimum absolute atomic E-state index is 0.147. The normalized spacial score (nSPS) is 18.2. The Morgan fingerprint density at radius 1 is 1.48 bits per heavy atom. The molecule has 1 aromatic rings. The summed E-state index contributed by atoms with van der Waals surface area (Å²) in [6, 6.07) is 4.90. The Balaban J connectivity index is 2.06. The van der Waals surface area contributed by atoms with Crippen molar-refractivity contribution in [2.45, 2.75) is 32.7 Å². The van der Waals surface area contributed by atoms with Crippen LogP contribution in [0, 0.1) is 5.92 Å². The molecule has 0 bridgehead atoms. The van der Waals surface area contributed by atoms with E-state index < -0.39 is 6.04 Å². The molecule has 1 aromatic carbocycles. The van der Waals surface area contributed by atoms with E-state index in [4.69, 9.17) is 15.2 Å². The largest absolute Gasteiger partial charge is 0.494 e. The third-order valence-electron chi connectivity index (χ3n) is 3.55. The van der Waals surface area contributed by atoms with Gasteiger partial charge in [0.05, 0.1) is 12.3 Å². The number of hydrogen-bond acceptors (Lipinski definition) is 4. The van der Waals surface area contributed by atoms with Gasteiger partial charge in [0.25, 0.3) is 0 Å². The van der Waals surface area contributed by atoms with Crippen molar-refractivity contribution < 1.29 is 14.3 Å². The maximum Gasteiger partial charge on any atom is 0.247 e. The molecule has 5 nitrogen and oxygen atoms in total. The second-order valence-electron chi connectivity index (χ2n) is 5.83. The number of carbonyl (C=O) groups is 1. The van der Waals surface area contributed by atoms with Crippen molar-refractivity contribution in [2.24, 2.45) is 11.7 Å². The summed E-state index contributed by atoms with van der Waals surface area (Å²) >= 11 is 0. The Bertz CT molecular complexity index is 502. The smallest absolute Gasteiger partial charge is 0.247 e. The lowest BCUT2D eigenvalue weighted by Gasteiger charge is -2.18. The fraction of sp³-hybridized carbons (Fsp3) is 0.562. The number of hydrogen-bond donors (Lipinski definition) is 1. The quantitative estimate of drug-likeness (QED) is 0.845. The average molecular weight is 292 g/mol. The van der Waals surface area contributed by atoms with E-state index in [1.54, 1.807) is 7.05 Å². The van der Waals surface area contributed by atoms with E-state index in [1.807, 2.05) is 18.2 Å². The van der Waals surface area contributed by atoms with Gasteiger partial charge in [0.15, 0.2) is 0 Å². The number of rotatable bonds is 5. The highest BCUT2D eigenvalue weighted by Crippen LogP contribution is 2.34. The molecule has 0 fully saturated rings. The second-order valence-corrected chi connectivity index (χ2v) is 5.83. The first kappa shape index (κ1) is 15.6. The van der Waals surface area contributed by atoms with E-state index in [2.05, 4.69) is 13.8 Å². The minimum atomic E-state index is -0.627. The van der Waals surface area contributed by atoms with Gasteiger partial charge in [0, 0.05) is 13.1 Å². The van der Waals surface area contributed by atoms with Crippen LogP contribution in [-0.4, -0.2) is 32.2 Å². The van der Waals surface area contributed by atoms with E-state index in [0.717, 1.165) is 18.6 Å². The summed E-state index contributed by atoms with van der Waals surface area (Å²) in [7, 11) is 1.71. The van der Waals surface area contributed by atoms with Crippen molar-refractivity contribution in [2.75, 3.05) is 25.2 Å². The number of anilines is 1. The van der Waals surface area contributed by atoms with Crippen LogP contribution in [0.3, 0.4) is 0 Å². The monoisotopic (exact) mass is 292 g/mol. The molecule has 0 saturated heterocycles. The number of benzene rings is 1. The summed E-state index contributed by atoms with van der Waals surface area (Å²) in [6.07, 6.45) is 2.16. The molecule has 1 aliphatic heterocycles. The van der Waals surface area contributed by atoms with Gasteiger partial charge in [-0.25, -0.2) is 0 Å². The molecule has 1 amide bonds. The molecule has 0 radical (unpaired) electrons. The third kappa shape index (κ3) is 3.88. The molecule has 1 atom stereocenters. The van der Waals surface area contributed by atoms with E-state index in [1.165, 1.54) is 4.90 Å². The maximum absolute atomic E-state index is 12.0. The molecule has 1 aliphatic rings. The first-order chi connectivity index (χ1) is 9.99. The first-order valence-electron chi connectivity index (χ1n) is 7.42. The molecular formula is C16H24N2O3. The molecule has 5 heteroatoms. The van der Waals surface area contributed by atoms with E-state index >= 15 is 0 Å². The molecule has 2 rings (SSSR count). The average Bonchev–Trinajstić information content (AvgIpc) is 2.56. The number of carbonyl (C=O) groups excluding carboxylic acids is 1. The molecule has 116 valence electrons. The predicted molar refractivity (Wildman–Crippen MR) is 82.9 cm³/mol. The summed E-state index contributed by atoms with van der Waals surface area (Å²) < 4.78 is 11.3. The SMILES string of the molecule is CC(C)CCCOc1ccc2c(c1)N(C)C(=O)[C@@H](N)CO2. The van der Waals surface area contributed by atoms with Gasteiger partial charge in [-0.05, 0) is 30.9 Å². The summed E-state index contributed by atoms with van der Waals surface area (Å²) in [5.74, 6) is 1.94. The number of likely N-dealkylation sites (N-methyl/N-ethyl adjacent to an activating group) is 1. The standard InChI is InChI=1S/C16H24N2O3/c1-11(2)5-4-8-20-12-6-7-15-14(9-12)18(3)16(19)13(17)10-21-15/h6-7,9,11,13H,4-5,8,10,17H2,1-3H3/t13-/m0/s1. The molecule has 0 saturated carbocycles. The Labute approximate surface area is 126 Å². The fourth-order valence-corrected chi connectivity index (χ4v) is 2.27. The number of nitrogens with two attached hydrogens (primary N) is 1. The summed E-state index contributed by atoms with van der Waals surface area (Å²) in [4.78, 5) is 13.6. The van der Waals surface area contributed by atoms with Crippen molar-refractivity contribution in [3.8, 4) is 11.5 Å². The van der Waals surface area contributed by atoms with Crippen LogP contribution in [0.15, 0.2) is 18.2 Å². The summed E-state index contributed by atoms with van der Waals surface area (Å²) in [6.45, 7) is 5.27. The first-order valence-corrected chi connectivity index (χ1v) is 7.42. The van der Waals surface area contributed by atoms with Crippen LogP contribution in [0.4, 0.5) is 5.69 Å². The lowest BCUT2D eigenvalue weighted by atomic mass is 10.1. The van der Waals surface area contributed by atoms with Crippen LogP contribution < -0.4 is 20.1 Å². The summed E-state index contributed by atoms with van der Waals surface area (Å²) in [5.41, 5.74) is 6.47. The number of fused-ring (bicyclic) bond motifs is 1. The lowest BCUT2D eigenvalue weighted by Crippen LogP contribution is -2.43. The maximum atomic E-state index is 12.0. The lowest BCUT2D eigenvalue weighted by molar-refractivity contribution is -0.119. The van der Waals surface area contributed by atoms with Gasteiger partial charge in [0.1, 0.15) is 24.1 Å². The number of amides is 1. The highest BCUT2D eigenvalue weighted by molar-refractivity contribution is 5.98. The van der Waals surface area contributed by atoms with Crippen molar-refractivity contribution in [3.05, 3.63) is 18.2 Å². The number of ether oxygens (including phenoxy) is 2. The van der Waals surface area contributed by atoms with Gasteiger partial charge in [-0.3, -0.25) is 4.79 Å². The molecule has 21 heavy (non-hydrogen) atoms. The van der Waals surface area contributed by atoms with Gasteiger partial charge in [-0.2, -0.15) is 0 Å². The van der Waals surface area contributed by atoms with Crippen LogP contribution in [0.1, 0.15) is 26.7 Å². The zero-order valence-corrected chi connectivity index (χ0v) is 13.0. The van der Waals surface area contributed by atoms with E-state index in [-0.39, 0.29) is 12.5 Å². The van der Waals surface area contributed by atoms with Gasteiger partial charge >= 0.3 is 0 Å². The minimum Gasteiger partial charge on any atom is -0.494 e. The zero-order chi connectivity index (χ0) is 15.4. The third-order valence-corrected chi connectivity index (χ3v) is 3.55. The number of nitrogens with zero attached hydrogens (tertiary/aromatic N) is 1. The van der Waals surface area contributed by atoms with Crippen LogP contribution in [0.5, 0.6) is 11.5 Å². The van der Waals surface area contributed by atoms with Gasteiger partial charge < -0.3 is 20.1 Å². The Hall–Kier alpha value is -1.75. The van der Waals surface area contributed by atoms with Gasteiger partial charge in [-0.15, -0.1) is 0 Å². The topological polar surface area (TPSA) is 64.8 Å². The highest BCUT2D eigenvalue weighted by Gasteiger charge is 2.26. The Kier molecular flexibility index (Phi) is 5.07. The molecule has 0 aromatic heterocycles. The van der Waals surface area contributed by atoms with E-state index in [0.29, 0.717) is 24.0 Å². The van der Waals surface area contributed by atoms with Crippen LogP contribution in [0.25, 0.3) is 0 Å². The zero-order valence-electron chi connectivity index (χ0n) is 13.0. The molecule has 1 heterocycles. The van der Waals surface area contributed by atoms with Crippen molar-refractivity contribution in [1.29, 1.82) is 0 Å². The van der Waals surface area contributed by atoms with Gasteiger partial charge in [-0.1, -0.05) is 13.8 Å². The van der Waals surface area contributed by atoms with Crippen LogP contribution in [0.2, 0.25) is 0 Å². The van der Waals surface area contributed by atoms with Gasteiger partial charge in [0.2, 0.25) is 5.91 Å². The molecule has 0 aliphatic carbocycles. The molecule has 0 unspecified atom stereocenters. The fourth-order valence-electron chi connectivity index (χ4n) is 2.27.